The van der Waals surface area contributed by atoms with Gasteiger partial charge < -0.3 is 14.5 Å². The largest absolute Gasteiger partial charge is 0.491 e. The maximum atomic E-state index is 5.66. The van der Waals surface area contributed by atoms with Crippen LogP contribution in [0.2, 0.25) is 0 Å². The maximum Gasteiger partial charge on any atom is 0.119 e. The molecule has 0 amide bonds. The predicted molar refractivity (Wildman–Crippen MR) is 94.8 cm³/mol. The number of benzene rings is 1. The van der Waals surface area contributed by atoms with Crippen molar-refractivity contribution in [1.29, 1.82) is 0 Å². The Labute approximate surface area is 140 Å². The van der Waals surface area contributed by atoms with Crippen LogP contribution in [0.25, 0.3) is 0 Å². The molecular formula is C20H29NO2. The number of hydrogen-bond donors (Lipinski definition) is 1. The van der Waals surface area contributed by atoms with Crippen LogP contribution in [0.5, 0.6) is 5.75 Å². The van der Waals surface area contributed by atoms with Gasteiger partial charge in [0.25, 0.3) is 0 Å². The Kier molecular flexibility index (Phi) is 6.72. The SMILES string of the molecule is CC(C)Oc1ccc(CNCCC(c2ccco2)C(C)C)cc1. The van der Waals surface area contributed by atoms with E-state index in [1.165, 1.54) is 5.56 Å². The molecule has 1 aromatic heterocycles. The van der Waals surface area contributed by atoms with Gasteiger partial charge in [-0.05, 0) is 62.6 Å². The highest BCUT2D eigenvalue weighted by Gasteiger charge is 2.17. The molecule has 1 aromatic carbocycles. The molecule has 1 N–H and O–H groups in total. The Morgan fingerprint density at radius 2 is 1.78 bits per heavy atom. The van der Waals surface area contributed by atoms with Crippen molar-refractivity contribution in [2.75, 3.05) is 6.54 Å². The summed E-state index contributed by atoms with van der Waals surface area (Å²) in [5.41, 5.74) is 1.28. The molecule has 0 radical (unpaired) electrons. The minimum atomic E-state index is 0.216. The Morgan fingerprint density at radius 1 is 1.04 bits per heavy atom. The van der Waals surface area contributed by atoms with Crippen molar-refractivity contribution in [3.8, 4) is 5.75 Å². The molecule has 0 fully saturated rings. The first kappa shape index (κ1) is 17.6. The molecule has 1 heterocycles. The van der Waals surface area contributed by atoms with Gasteiger partial charge in [-0.2, -0.15) is 0 Å². The van der Waals surface area contributed by atoms with Gasteiger partial charge in [-0.25, -0.2) is 0 Å². The Morgan fingerprint density at radius 3 is 2.35 bits per heavy atom. The van der Waals surface area contributed by atoms with Crippen molar-refractivity contribution in [3.05, 3.63) is 54.0 Å². The van der Waals surface area contributed by atoms with E-state index < -0.39 is 0 Å². The second-order valence-corrected chi connectivity index (χ2v) is 6.64. The smallest absolute Gasteiger partial charge is 0.119 e. The highest BCUT2D eigenvalue weighted by atomic mass is 16.5. The number of nitrogens with one attached hydrogen (secondary N) is 1. The van der Waals surface area contributed by atoms with Gasteiger partial charge in [0.2, 0.25) is 0 Å². The molecule has 126 valence electrons. The lowest BCUT2D eigenvalue weighted by molar-refractivity contribution is 0.242. The summed E-state index contributed by atoms with van der Waals surface area (Å²) in [6.07, 6.45) is 3.06. The fourth-order valence-electron chi connectivity index (χ4n) is 2.75. The van der Waals surface area contributed by atoms with Crippen LogP contribution in [0.4, 0.5) is 0 Å². The van der Waals surface area contributed by atoms with Gasteiger partial charge in [-0.3, -0.25) is 0 Å². The van der Waals surface area contributed by atoms with Crippen molar-refractivity contribution in [3.63, 3.8) is 0 Å². The summed E-state index contributed by atoms with van der Waals surface area (Å²) in [5.74, 6) is 3.08. The molecule has 23 heavy (non-hydrogen) atoms. The van der Waals surface area contributed by atoms with Crippen LogP contribution < -0.4 is 10.1 Å². The topological polar surface area (TPSA) is 34.4 Å². The molecule has 0 aliphatic heterocycles. The average Bonchev–Trinajstić information content (AvgIpc) is 3.01. The molecular weight excluding hydrogens is 286 g/mol. The molecule has 0 spiro atoms. The third kappa shape index (κ3) is 5.76. The first-order valence-corrected chi connectivity index (χ1v) is 8.56. The zero-order chi connectivity index (χ0) is 16.7. The van der Waals surface area contributed by atoms with Crippen molar-refractivity contribution in [2.24, 2.45) is 5.92 Å². The molecule has 2 aromatic rings. The van der Waals surface area contributed by atoms with Crippen molar-refractivity contribution < 1.29 is 9.15 Å². The van der Waals surface area contributed by atoms with Gasteiger partial charge in [-0.1, -0.05) is 26.0 Å². The zero-order valence-electron chi connectivity index (χ0n) is 14.7. The monoisotopic (exact) mass is 315 g/mol. The fourth-order valence-corrected chi connectivity index (χ4v) is 2.75. The second kappa shape index (κ2) is 8.78. The number of furan rings is 1. The van der Waals surface area contributed by atoms with Crippen LogP contribution in [-0.2, 0) is 6.54 Å². The first-order valence-electron chi connectivity index (χ1n) is 8.56. The minimum Gasteiger partial charge on any atom is -0.491 e. The van der Waals surface area contributed by atoms with Crippen LogP contribution >= 0.6 is 0 Å². The molecule has 1 unspecified atom stereocenters. The molecule has 0 aliphatic rings. The van der Waals surface area contributed by atoms with Gasteiger partial charge in [0.15, 0.2) is 0 Å². The summed E-state index contributed by atoms with van der Waals surface area (Å²) in [7, 11) is 0. The van der Waals surface area contributed by atoms with Gasteiger partial charge in [0.05, 0.1) is 12.4 Å². The third-order valence-corrected chi connectivity index (χ3v) is 3.97. The summed E-state index contributed by atoms with van der Waals surface area (Å²) >= 11 is 0. The second-order valence-electron chi connectivity index (χ2n) is 6.64. The standard InChI is InChI=1S/C20H29NO2/c1-15(2)19(20-6-5-13-22-20)11-12-21-14-17-7-9-18(10-8-17)23-16(3)4/h5-10,13,15-16,19,21H,11-12,14H2,1-4H3. The van der Waals surface area contributed by atoms with E-state index in [9.17, 15) is 0 Å². The van der Waals surface area contributed by atoms with E-state index in [1.807, 2.05) is 32.0 Å². The Bertz CT molecular complexity index is 544. The van der Waals surface area contributed by atoms with Gasteiger partial charge >= 0.3 is 0 Å². The molecule has 0 saturated heterocycles. The molecule has 0 aliphatic carbocycles. The van der Waals surface area contributed by atoms with Crippen molar-refractivity contribution >= 4 is 0 Å². The van der Waals surface area contributed by atoms with E-state index in [1.54, 1.807) is 6.26 Å². The van der Waals surface area contributed by atoms with Crippen molar-refractivity contribution in [2.45, 2.75) is 52.7 Å². The van der Waals surface area contributed by atoms with Crippen LogP contribution in [0.3, 0.4) is 0 Å². The third-order valence-electron chi connectivity index (χ3n) is 3.97. The predicted octanol–water partition coefficient (Wildman–Crippen LogP) is 4.99. The molecule has 2 rings (SSSR count). The number of rotatable bonds is 9. The summed E-state index contributed by atoms with van der Waals surface area (Å²) in [5, 5.41) is 3.53. The lowest BCUT2D eigenvalue weighted by atomic mass is 9.90. The first-order chi connectivity index (χ1) is 11.1. The normalized spacial score (nSPS) is 12.8. The average molecular weight is 315 g/mol. The highest BCUT2D eigenvalue weighted by Crippen LogP contribution is 2.27. The quantitative estimate of drug-likeness (QED) is 0.662. The van der Waals surface area contributed by atoms with E-state index in [0.717, 1.165) is 31.0 Å². The molecule has 3 nitrogen and oxygen atoms in total. The maximum absolute atomic E-state index is 5.66. The van der Waals surface area contributed by atoms with E-state index in [-0.39, 0.29) is 6.10 Å². The Balaban J connectivity index is 1.76. The lowest BCUT2D eigenvalue weighted by Gasteiger charge is -2.18. The molecule has 1 atom stereocenters. The highest BCUT2D eigenvalue weighted by molar-refractivity contribution is 5.27. The van der Waals surface area contributed by atoms with Crippen LogP contribution in [0, 0.1) is 5.92 Å². The van der Waals surface area contributed by atoms with Gasteiger partial charge in [0, 0.05) is 12.5 Å². The summed E-state index contributed by atoms with van der Waals surface area (Å²) in [4.78, 5) is 0. The Hall–Kier alpha value is -1.74. The van der Waals surface area contributed by atoms with Crippen LogP contribution in [0.1, 0.15) is 51.4 Å². The molecule has 0 saturated carbocycles. The van der Waals surface area contributed by atoms with Gasteiger partial charge in [0.1, 0.15) is 11.5 Å². The van der Waals surface area contributed by atoms with Crippen LogP contribution in [-0.4, -0.2) is 12.6 Å². The molecule has 3 heteroatoms. The zero-order valence-corrected chi connectivity index (χ0v) is 14.7. The van der Waals surface area contributed by atoms with E-state index in [4.69, 9.17) is 9.15 Å². The molecule has 0 bridgehead atoms. The van der Waals surface area contributed by atoms with Gasteiger partial charge in [-0.15, -0.1) is 0 Å². The van der Waals surface area contributed by atoms with E-state index in [2.05, 4.69) is 37.4 Å². The minimum absolute atomic E-state index is 0.216. The summed E-state index contributed by atoms with van der Waals surface area (Å²) in [6, 6.07) is 12.4. The van der Waals surface area contributed by atoms with E-state index >= 15 is 0 Å². The summed E-state index contributed by atoms with van der Waals surface area (Å²) in [6.45, 7) is 10.4. The van der Waals surface area contributed by atoms with Crippen molar-refractivity contribution in [1.82, 2.24) is 5.32 Å². The van der Waals surface area contributed by atoms with Crippen LogP contribution in [0.15, 0.2) is 47.1 Å². The van der Waals surface area contributed by atoms with E-state index in [0.29, 0.717) is 11.8 Å². The number of hydrogen-bond acceptors (Lipinski definition) is 3. The summed E-state index contributed by atoms with van der Waals surface area (Å²) < 4.78 is 11.2. The fraction of sp³-hybridized carbons (Fsp3) is 0.500. The lowest BCUT2D eigenvalue weighted by Crippen LogP contribution is -2.19. The number of ether oxygens (including phenoxy) is 1.